The number of amides is 1. The Hall–Kier alpha value is -3.34. The Morgan fingerprint density at radius 1 is 1.18 bits per heavy atom. The molecule has 1 N–H and O–H groups in total. The van der Waals surface area contributed by atoms with Gasteiger partial charge in [0.1, 0.15) is 27.7 Å². The van der Waals surface area contributed by atoms with E-state index < -0.39 is 11.2 Å². The third-order valence-corrected chi connectivity index (χ3v) is 5.80. The number of hydrogen-bond acceptors (Lipinski definition) is 8. The number of fused-ring (bicyclic) bond motifs is 1. The van der Waals surface area contributed by atoms with Gasteiger partial charge < -0.3 is 14.8 Å². The summed E-state index contributed by atoms with van der Waals surface area (Å²) in [5.41, 5.74) is -0.181. The lowest BCUT2D eigenvalue weighted by atomic mass is 10.2. The van der Waals surface area contributed by atoms with E-state index >= 15 is 0 Å². The summed E-state index contributed by atoms with van der Waals surface area (Å²) in [4.78, 5) is 47.1. The minimum Gasteiger partial charge on any atom is -0.497 e. The average molecular weight is 474 g/mol. The second-order valence-corrected chi connectivity index (χ2v) is 8.79. The fourth-order valence-electron chi connectivity index (χ4n) is 3.31. The van der Waals surface area contributed by atoms with Crippen LogP contribution < -0.4 is 26.0 Å². The molecule has 0 fully saturated rings. The molecule has 1 aromatic carbocycles. The van der Waals surface area contributed by atoms with Crippen LogP contribution in [0.2, 0.25) is 0 Å². The quantitative estimate of drug-likeness (QED) is 0.391. The molecule has 2 aromatic heterocycles. The summed E-state index contributed by atoms with van der Waals surface area (Å²) in [7, 11) is 4.47. The largest absolute Gasteiger partial charge is 0.497 e. The molecule has 1 amide bonds. The molecule has 0 aliphatic rings. The number of carbonyl (C=O) groups excluding carboxylic acids is 1. The highest BCUT2D eigenvalue weighted by Gasteiger charge is 2.19. The monoisotopic (exact) mass is 473 g/mol. The SMILES string of the molecule is COc1ccc(OC)c(NC(=O)CSc2nc(C)nc3c2c(=O)n(C)c(=O)n3CC(C)C)c1. The van der Waals surface area contributed by atoms with Crippen molar-refractivity contribution in [3.63, 3.8) is 0 Å². The van der Waals surface area contributed by atoms with Gasteiger partial charge in [0.15, 0.2) is 5.65 Å². The lowest BCUT2D eigenvalue weighted by Crippen LogP contribution is -2.39. The molecule has 11 heteroatoms. The minimum absolute atomic E-state index is 0.0155. The summed E-state index contributed by atoms with van der Waals surface area (Å²) >= 11 is 1.11. The molecule has 0 unspecified atom stereocenters. The Morgan fingerprint density at radius 2 is 1.91 bits per heavy atom. The fraction of sp³-hybridized carbons (Fsp3) is 0.409. The number of thioether (sulfide) groups is 1. The lowest BCUT2D eigenvalue weighted by Gasteiger charge is -2.15. The van der Waals surface area contributed by atoms with Gasteiger partial charge in [-0.05, 0) is 25.0 Å². The molecule has 2 heterocycles. The highest BCUT2D eigenvalue weighted by molar-refractivity contribution is 8.00. The third-order valence-electron chi connectivity index (χ3n) is 4.83. The van der Waals surface area contributed by atoms with Gasteiger partial charge in [0.2, 0.25) is 5.91 Å². The van der Waals surface area contributed by atoms with Crippen LogP contribution in [0.3, 0.4) is 0 Å². The first-order valence-electron chi connectivity index (χ1n) is 10.3. The van der Waals surface area contributed by atoms with Crippen LogP contribution in [0, 0.1) is 12.8 Å². The predicted octanol–water partition coefficient (Wildman–Crippen LogP) is 2.20. The van der Waals surface area contributed by atoms with Crippen molar-refractivity contribution in [2.45, 2.75) is 32.3 Å². The molecule has 0 saturated heterocycles. The molecule has 0 aliphatic carbocycles. The highest BCUT2D eigenvalue weighted by Crippen LogP contribution is 2.29. The summed E-state index contributed by atoms with van der Waals surface area (Å²) < 4.78 is 13.0. The number of rotatable bonds is 8. The lowest BCUT2D eigenvalue weighted by molar-refractivity contribution is -0.113. The Balaban J connectivity index is 1.96. The number of methoxy groups -OCH3 is 2. The van der Waals surface area contributed by atoms with E-state index in [4.69, 9.17) is 9.47 Å². The van der Waals surface area contributed by atoms with Crippen LogP contribution in [-0.2, 0) is 18.4 Å². The van der Waals surface area contributed by atoms with Gasteiger partial charge in [0, 0.05) is 19.7 Å². The van der Waals surface area contributed by atoms with Crippen LogP contribution in [0.1, 0.15) is 19.7 Å². The van der Waals surface area contributed by atoms with Gasteiger partial charge in [-0.25, -0.2) is 14.8 Å². The van der Waals surface area contributed by atoms with E-state index in [0.717, 1.165) is 16.3 Å². The zero-order valence-corrected chi connectivity index (χ0v) is 20.3. The van der Waals surface area contributed by atoms with Crippen molar-refractivity contribution in [2.24, 2.45) is 13.0 Å². The number of carbonyl (C=O) groups is 1. The Bertz CT molecular complexity index is 1320. The van der Waals surface area contributed by atoms with Crippen LogP contribution >= 0.6 is 11.8 Å². The van der Waals surface area contributed by atoms with Crippen molar-refractivity contribution in [2.75, 3.05) is 25.3 Å². The standard InChI is InChI=1S/C22H27N5O5S/c1-12(2)10-27-19-18(21(29)26(4)22(27)30)20(24-13(3)23-19)33-11-17(28)25-15-9-14(31-5)7-8-16(15)32-6/h7-9,12H,10-11H2,1-6H3,(H,25,28). The summed E-state index contributed by atoms with van der Waals surface area (Å²) in [5.74, 6) is 1.30. The zero-order valence-electron chi connectivity index (χ0n) is 19.5. The number of nitrogens with one attached hydrogen (secondary N) is 1. The van der Waals surface area contributed by atoms with Crippen molar-refractivity contribution >= 4 is 34.4 Å². The van der Waals surface area contributed by atoms with E-state index in [9.17, 15) is 14.4 Å². The van der Waals surface area contributed by atoms with Crippen LogP contribution in [-0.4, -0.2) is 45.0 Å². The molecule has 0 radical (unpaired) electrons. The Morgan fingerprint density at radius 3 is 2.55 bits per heavy atom. The molecule has 0 aliphatic heterocycles. The van der Waals surface area contributed by atoms with Gasteiger partial charge in [-0.3, -0.25) is 18.7 Å². The number of nitrogens with zero attached hydrogens (tertiary/aromatic N) is 4. The number of aromatic nitrogens is 4. The number of benzene rings is 1. The Labute approximate surface area is 195 Å². The first kappa shape index (κ1) is 24.3. The maximum absolute atomic E-state index is 12.9. The van der Waals surface area contributed by atoms with Crippen molar-refractivity contribution in [1.82, 2.24) is 19.1 Å². The maximum Gasteiger partial charge on any atom is 0.332 e. The maximum atomic E-state index is 12.9. The number of anilines is 1. The molecule has 0 spiro atoms. The molecule has 0 saturated carbocycles. The molecular formula is C22H27N5O5S. The topological polar surface area (TPSA) is 117 Å². The van der Waals surface area contributed by atoms with E-state index in [2.05, 4.69) is 15.3 Å². The van der Waals surface area contributed by atoms with Crippen LogP contribution in [0.25, 0.3) is 11.0 Å². The van der Waals surface area contributed by atoms with E-state index in [1.165, 1.54) is 25.8 Å². The molecule has 176 valence electrons. The fourth-order valence-corrected chi connectivity index (χ4v) is 4.17. The number of hydrogen-bond donors (Lipinski definition) is 1. The molecule has 0 atom stereocenters. The van der Waals surface area contributed by atoms with E-state index in [1.54, 1.807) is 25.1 Å². The first-order valence-corrected chi connectivity index (χ1v) is 11.3. The molecule has 10 nitrogen and oxygen atoms in total. The summed E-state index contributed by atoms with van der Waals surface area (Å²) in [6, 6.07) is 5.08. The molecule has 3 rings (SSSR count). The molecular weight excluding hydrogens is 446 g/mol. The molecule has 3 aromatic rings. The number of ether oxygens (including phenoxy) is 2. The minimum atomic E-state index is -0.493. The first-order chi connectivity index (χ1) is 15.7. The second kappa shape index (κ2) is 10.1. The van der Waals surface area contributed by atoms with Crippen LogP contribution in [0.4, 0.5) is 5.69 Å². The van der Waals surface area contributed by atoms with Crippen LogP contribution in [0.5, 0.6) is 11.5 Å². The van der Waals surface area contributed by atoms with Crippen molar-refractivity contribution < 1.29 is 14.3 Å². The van der Waals surface area contributed by atoms with Gasteiger partial charge in [0.25, 0.3) is 5.56 Å². The van der Waals surface area contributed by atoms with E-state index in [0.29, 0.717) is 34.6 Å². The van der Waals surface area contributed by atoms with Gasteiger partial charge in [-0.2, -0.15) is 0 Å². The normalized spacial score (nSPS) is 11.1. The van der Waals surface area contributed by atoms with E-state index in [1.807, 2.05) is 13.8 Å². The average Bonchev–Trinajstić information content (AvgIpc) is 2.78. The second-order valence-electron chi connectivity index (χ2n) is 7.83. The van der Waals surface area contributed by atoms with Gasteiger partial charge in [-0.1, -0.05) is 25.6 Å². The van der Waals surface area contributed by atoms with E-state index in [-0.39, 0.29) is 28.6 Å². The Kier molecular flexibility index (Phi) is 7.42. The smallest absolute Gasteiger partial charge is 0.332 e. The van der Waals surface area contributed by atoms with Gasteiger partial charge >= 0.3 is 5.69 Å². The third kappa shape index (κ3) is 5.19. The highest BCUT2D eigenvalue weighted by atomic mass is 32.2. The van der Waals surface area contributed by atoms with Gasteiger partial charge in [0.05, 0.1) is 25.7 Å². The summed E-state index contributed by atoms with van der Waals surface area (Å²) in [5, 5.41) is 3.37. The van der Waals surface area contributed by atoms with Crippen molar-refractivity contribution in [3.8, 4) is 11.5 Å². The predicted molar refractivity (Wildman–Crippen MR) is 128 cm³/mol. The van der Waals surface area contributed by atoms with Gasteiger partial charge in [-0.15, -0.1) is 0 Å². The molecule has 0 bridgehead atoms. The van der Waals surface area contributed by atoms with Crippen molar-refractivity contribution in [3.05, 3.63) is 44.9 Å². The number of aryl methyl sites for hydroxylation is 1. The zero-order chi connectivity index (χ0) is 24.3. The summed E-state index contributed by atoms with van der Waals surface area (Å²) in [6.45, 7) is 6.04. The van der Waals surface area contributed by atoms with Crippen molar-refractivity contribution in [1.29, 1.82) is 0 Å². The molecule has 33 heavy (non-hydrogen) atoms. The summed E-state index contributed by atoms with van der Waals surface area (Å²) in [6.07, 6.45) is 0. The van der Waals surface area contributed by atoms with Crippen LogP contribution in [0.15, 0.2) is 32.8 Å².